The number of aliphatic hydroxyl groups excluding tert-OH is 1. The van der Waals surface area contributed by atoms with Crippen LogP contribution in [0.5, 0.6) is 11.5 Å². The Labute approximate surface area is 115 Å². The number of rotatable bonds is 4. The van der Waals surface area contributed by atoms with Gasteiger partial charge in [0.2, 0.25) is 0 Å². The van der Waals surface area contributed by atoms with Crippen molar-refractivity contribution in [3.8, 4) is 11.5 Å². The number of aliphatic hydroxyl groups is 1. The highest BCUT2D eigenvalue weighted by Gasteiger charge is 2.07. The van der Waals surface area contributed by atoms with Gasteiger partial charge in [0, 0.05) is 6.07 Å². The second-order valence-electron chi connectivity index (χ2n) is 4.02. The van der Waals surface area contributed by atoms with Gasteiger partial charge in [0.15, 0.2) is 0 Å². The molecule has 19 heavy (non-hydrogen) atoms. The van der Waals surface area contributed by atoms with Gasteiger partial charge in [-0.25, -0.2) is 4.39 Å². The molecule has 5 heteroatoms. The molecule has 1 aromatic carbocycles. The van der Waals surface area contributed by atoms with E-state index in [-0.39, 0.29) is 5.02 Å². The topological polar surface area (TPSA) is 42.4 Å². The van der Waals surface area contributed by atoms with E-state index in [0.29, 0.717) is 23.6 Å². The molecule has 1 N–H and O–H groups in total. The maximum Gasteiger partial charge on any atom is 0.145 e. The van der Waals surface area contributed by atoms with E-state index in [1.807, 2.05) is 6.92 Å². The van der Waals surface area contributed by atoms with Crippen LogP contribution in [0.25, 0.3) is 0 Å². The fraction of sp³-hybridized carbons (Fsp3) is 0.214. The van der Waals surface area contributed by atoms with Crippen molar-refractivity contribution in [2.75, 3.05) is 0 Å². The number of nitrogens with zero attached hydrogens (tertiary/aromatic N) is 1. The van der Waals surface area contributed by atoms with Crippen molar-refractivity contribution in [2.24, 2.45) is 0 Å². The summed E-state index contributed by atoms with van der Waals surface area (Å²) in [6, 6.07) is 7.50. The van der Waals surface area contributed by atoms with Gasteiger partial charge in [-0.3, -0.25) is 4.98 Å². The Balaban J connectivity index is 2.12. The van der Waals surface area contributed by atoms with Crippen molar-refractivity contribution < 1.29 is 14.2 Å². The van der Waals surface area contributed by atoms with E-state index in [1.54, 1.807) is 12.1 Å². The zero-order chi connectivity index (χ0) is 13.8. The summed E-state index contributed by atoms with van der Waals surface area (Å²) in [5, 5.41) is 9.62. The standard InChI is InChI=1S/C14H13ClFNO2/c1-2-14(18)13-6-4-10(8-17-13)19-9-3-5-12(16)11(15)7-9/h3-8,14,18H,2H2,1H3/t14-/m1/s1. The van der Waals surface area contributed by atoms with Gasteiger partial charge in [-0.1, -0.05) is 18.5 Å². The van der Waals surface area contributed by atoms with Crippen LogP contribution in [0, 0.1) is 5.82 Å². The molecule has 0 aliphatic heterocycles. The summed E-state index contributed by atoms with van der Waals surface area (Å²) >= 11 is 5.66. The largest absolute Gasteiger partial charge is 0.456 e. The molecular formula is C14H13ClFNO2. The molecule has 0 aliphatic rings. The van der Waals surface area contributed by atoms with Crippen molar-refractivity contribution in [2.45, 2.75) is 19.4 Å². The molecule has 0 saturated carbocycles. The lowest BCUT2D eigenvalue weighted by atomic mass is 10.2. The normalized spacial score (nSPS) is 12.2. The third kappa shape index (κ3) is 3.43. The minimum atomic E-state index is -0.575. The lowest BCUT2D eigenvalue weighted by Crippen LogP contribution is -1.98. The van der Waals surface area contributed by atoms with Crippen LogP contribution in [0.4, 0.5) is 4.39 Å². The number of halogens is 2. The van der Waals surface area contributed by atoms with Crippen LogP contribution >= 0.6 is 11.6 Å². The first-order valence-electron chi connectivity index (χ1n) is 5.87. The Morgan fingerprint density at radius 2 is 2.05 bits per heavy atom. The first-order chi connectivity index (χ1) is 9.10. The van der Waals surface area contributed by atoms with E-state index in [9.17, 15) is 9.50 Å². The quantitative estimate of drug-likeness (QED) is 0.917. The smallest absolute Gasteiger partial charge is 0.145 e. The fourth-order valence-electron chi connectivity index (χ4n) is 1.53. The average molecular weight is 282 g/mol. The number of aromatic nitrogens is 1. The summed E-state index contributed by atoms with van der Waals surface area (Å²) in [5.41, 5.74) is 0.590. The number of benzene rings is 1. The molecule has 1 aromatic heterocycles. The van der Waals surface area contributed by atoms with Crippen LogP contribution in [0.3, 0.4) is 0 Å². The van der Waals surface area contributed by atoms with Crippen LogP contribution < -0.4 is 4.74 Å². The van der Waals surface area contributed by atoms with Crippen molar-refractivity contribution in [3.05, 3.63) is 53.1 Å². The highest BCUT2D eigenvalue weighted by molar-refractivity contribution is 6.30. The second kappa shape index (κ2) is 5.99. The van der Waals surface area contributed by atoms with Crippen molar-refractivity contribution in [1.29, 1.82) is 0 Å². The highest BCUT2D eigenvalue weighted by Crippen LogP contribution is 2.26. The molecule has 0 fully saturated rings. The number of ether oxygens (including phenoxy) is 1. The monoisotopic (exact) mass is 281 g/mol. The lowest BCUT2D eigenvalue weighted by Gasteiger charge is -2.09. The van der Waals surface area contributed by atoms with Gasteiger partial charge in [0.25, 0.3) is 0 Å². The van der Waals surface area contributed by atoms with E-state index in [1.165, 1.54) is 24.4 Å². The summed E-state index contributed by atoms with van der Waals surface area (Å²) in [4.78, 5) is 4.10. The zero-order valence-corrected chi connectivity index (χ0v) is 11.1. The molecule has 0 aliphatic carbocycles. The Hall–Kier alpha value is -1.65. The molecule has 1 heterocycles. The number of hydrogen-bond acceptors (Lipinski definition) is 3. The average Bonchev–Trinajstić information content (AvgIpc) is 2.43. The Morgan fingerprint density at radius 1 is 1.32 bits per heavy atom. The van der Waals surface area contributed by atoms with Crippen LogP contribution in [0.2, 0.25) is 5.02 Å². The minimum Gasteiger partial charge on any atom is -0.456 e. The molecule has 0 bridgehead atoms. The number of hydrogen-bond donors (Lipinski definition) is 1. The molecule has 0 unspecified atom stereocenters. The molecule has 100 valence electrons. The van der Waals surface area contributed by atoms with Crippen LogP contribution in [-0.4, -0.2) is 10.1 Å². The van der Waals surface area contributed by atoms with E-state index < -0.39 is 11.9 Å². The maximum absolute atomic E-state index is 13.0. The molecule has 2 aromatic rings. The molecule has 0 amide bonds. The van der Waals surface area contributed by atoms with Gasteiger partial charge < -0.3 is 9.84 Å². The Bertz CT molecular complexity index is 560. The van der Waals surface area contributed by atoms with Gasteiger partial charge in [-0.15, -0.1) is 0 Å². The third-order valence-corrected chi connectivity index (χ3v) is 2.90. The first-order valence-corrected chi connectivity index (χ1v) is 6.25. The summed E-state index contributed by atoms with van der Waals surface area (Å²) in [7, 11) is 0. The summed E-state index contributed by atoms with van der Waals surface area (Å²) in [6.07, 6.45) is 1.53. The molecule has 1 atom stereocenters. The van der Waals surface area contributed by atoms with E-state index in [2.05, 4.69) is 4.98 Å². The molecule has 0 spiro atoms. The van der Waals surface area contributed by atoms with Crippen molar-refractivity contribution in [1.82, 2.24) is 4.98 Å². The van der Waals surface area contributed by atoms with Gasteiger partial charge >= 0.3 is 0 Å². The summed E-state index contributed by atoms with van der Waals surface area (Å²) in [5.74, 6) is 0.431. The predicted molar refractivity (Wildman–Crippen MR) is 71.0 cm³/mol. The molecule has 0 saturated heterocycles. The summed E-state index contributed by atoms with van der Waals surface area (Å²) in [6.45, 7) is 1.87. The third-order valence-electron chi connectivity index (χ3n) is 2.61. The minimum absolute atomic E-state index is 0.00323. The Morgan fingerprint density at radius 3 is 2.63 bits per heavy atom. The van der Waals surface area contributed by atoms with E-state index >= 15 is 0 Å². The molecular weight excluding hydrogens is 269 g/mol. The first kappa shape index (κ1) is 13.8. The van der Waals surface area contributed by atoms with E-state index in [0.717, 1.165) is 0 Å². The van der Waals surface area contributed by atoms with Crippen LogP contribution in [0.15, 0.2) is 36.5 Å². The van der Waals surface area contributed by atoms with Gasteiger partial charge in [0.1, 0.15) is 17.3 Å². The van der Waals surface area contributed by atoms with Gasteiger partial charge in [-0.05, 0) is 30.7 Å². The SMILES string of the molecule is CC[C@@H](O)c1ccc(Oc2ccc(F)c(Cl)c2)cn1. The van der Waals surface area contributed by atoms with E-state index in [4.69, 9.17) is 16.3 Å². The molecule has 3 nitrogen and oxygen atoms in total. The highest BCUT2D eigenvalue weighted by atomic mass is 35.5. The lowest BCUT2D eigenvalue weighted by molar-refractivity contribution is 0.169. The van der Waals surface area contributed by atoms with Crippen LogP contribution in [-0.2, 0) is 0 Å². The fourth-order valence-corrected chi connectivity index (χ4v) is 1.71. The molecule has 2 rings (SSSR count). The zero-order valence-electron chi connectivity index (χ0n) is 10.3. The van der Waals surface area contributed by atoms with Gasteiger partial charge in [-0.2, -0.15) is 0 Å². The van der Waals surface area contributed by atoms with Crippen molar-refractivity contribution in [3.63, 3.8) is 0 Å². The molecule has 0 radical (unpaired) electrons. The summed E-state index contributed by atoms with van der Waals surface area (Å²) < 4.78 is 18.5. The van der Waals surface area contributed by atoms with Crippen LogP contribution in [0.1, 0.15) is 25.1 Å². The second-order valence-corrected chi connectivity index (χ2v) is 4.43. The maximum atomic E-state index is 13.0. The Kier molecular flexibility index (Phi) is 4.35. The predicted octanol–water partition coefficient (Wildman–Crippen LogP) is 4.11. The number of pyridine rings is 1. The van der Waals surface area contributed by atoms with Crippen molar-refractivity contribution >= 4 is 11.6 Å². The van der Waals surface area contributed by atoms with Gasteiger partial charge in [0.05, 0.1) is 23.0 Å².